The monoisotopic (exact) mass is 343 g/mol. The molecule has 2 fully saturated rings. The van der Waals surface area contributed by atoms with Crippen LogP contribution in [0.15, 0.2) is 12.1 Å². The van der Waals surface area contributed by atoms with Crippen LogP contribution in [0.3, 0.4) is 0 Å². The minimum atomic E-state index is -4.53. The van der Waals surface area contributed by atoms with E-state index in [0.29, 0.717) is 18.5 Å². The lowest BCUT2D eigenvalue weighted by atomic mass is 9.78. The van der Waals surface area contributed by atoms with Gasteiger partial charge in [-0.05, 0) is 58.1 Å². The van der Waals surface area contributed by atoms with Gasteiger partial charge in [0.2, 0.25) is 0 Å². The van der Waals surface area contributed by atoms with Gasteiger partial charge in [0.1, 0.15) is 5.69 Å². The maximum Gasteiger partial charge on any atom is 0.494 e. The third kappa shape index (κ3) is 3.19. The van der Waals surface area contributed by atoms with Crippen molar-refractivity contribution in [3.05, 3.63) is 23.5 Å². The highest BCUT2D eigenvalue weighted by molar-refractivity contribution is 6.62. The van der Waals surface area contributed by atoms with Gasteiger partial charge in [0.25, 0.3) is 0 Å². The zero-order valence-corrected chi connectivity index (χ0v) is 14.2. The summed E-state index contributed by atoms with van der Waals surface area (Å²) >= 11 is 0. The van der Waals surface area contributed by atoms with Crippen LogP contribution in [0, 0.1) is 0 Å². The Morgan fingerprint density at radius 1 is 1.12 bits per heavy atom. The first kappa shape index (κ1) is 17.7. The number of nitrogens with zero attached hydrogens (tertiary/aromatic N) is 1. The predicted molar refractivity (Wildman–Crippen MR) is 82.9 cm³/mol. The van der Waals surface area contributed by atoms with Crippen molar-refractivity contribution in [1.82, 2.24) is 4.98 Å². The molecule has 0 aliphatic carbocycles. The molecule has 8 heteroatoms. The zero-order chi connectivity index (χ0) is 17.8. The van der Waals surface area contributed by atoms with Crippen molar-refractivity contribution in [2.45, 2.75) is 64.0 Å². The third-order valence-corrected chi connectivity index (χ3v) is 4.94. The van der Waals surface area contributed by atoms with Gasteiger partial charge < -0.3 is 14.0 Å². The second-order valence-corrected chi connectivity index (χ2v) is 7.30. The van der Waals surface area contributed by atoms with Gasteiger partial charge in [-0.25, -0.2) is 4.98 Å². The average Bonchev–Trinajstić information content (AvgIpc) is 3.04. The van der Waals surface area contributed by atoms with Crippen LogP contribution in [0.4, 0.5) is 13.2 Å². The van der Waals surface area contributed by atoms with Gasteiger partial charge in [-0.2, -0.15) is 13.2 Å². The second-order valence-electron chi connectivity index (χ2n) is 7.30. The predicted octanol–water partition coefficient (Wildman–Crippen LogP) is 3.25. The Kier molecular flexibility index (Phi) is 4.21. The topological polar surface area (TPSA) is 40.6 Å². The Bertz CT molecular complexity index is 611. The van der Waals surface area contributed by atoms with Crippen molar-refractivity contribution >= 4 is 12.6 Å². The largest absolute Gasteiger partial charge is 0.494 e. The quantitative estimate of drug-likeness (QED) is 0.773. The molecule has 3 rings (SSSR count). The number of hydrogen-bond donors (Lipinski definition) is 0. The molecule has 1 aromatic heterocycles. The van der Waals surface area contributed by atoms with Gasteiger partial charge in [-0.1, -0.05) is 0 Å². The number of alkyl halides is 3. The van der Waals surface area contributed by atoms with Crippen molar-refractivity contribution in [2.75, 3.05) is 6.61 Å². The number of rotatable bonds is 2. The molecule has 2 aliphatic rings. The maximum absolute atomic E-state index is 13.2. The van der Waals surface area contributed by atoms with Crippen LogP contribution in [0.2, 0.25) is 0 Å². The molecule has 2 aliphatic heterocycles. The first-order chi connectivity index (χ1) is 11.0. The van der Waals surface area contributed by atoms with E-state index in [-0.39, 0.29) is 5.69 Å². The Labute approximate surface area is 139 Å². The van der Waals surface area contributed by atoms with E-state index in [2.05, 4.69) is 4.98 Å². The highest BCUT2D eigenvalue weighted by Crippen LogP contribution is 2.37. The van der Waals surface area contributed by atoms with Crippen LogP contribution in [0.5, 0.6) is 0 Å². The average molecular weight is 343 g/mol. The first-order valence-corrected chi connectivity index (χ1v) is 8.06. The molecule has 0 spiro atoms. The molecule has 0 amide bonds. The summed E-state index contributed by atoms with van der Waals surface area (Å²) in [6.45, 7) is 7.98. The van der Waals surface area contributed by atoms with Gasteiger partial charge in [0.05, 0.1) is 23.0 Å². The van der Waals surface area contributed by atoms with Crippen LogP contribution < -0.4 is 5.46 Å². The lowest BCUT2D eigenvalue weighted by Crippen LogP contribution is -2.41. The lowest BCUT2D eigenvalue weighted by molar-refractivity contribution is -0.141. The van der Waals surface area contributed by atoms with Crippen molar-refractivity contribution < 1.29 is 27.2 Å². The summed E-state index contributed by atoms with van der Waals surface area (Å²) in [7, 11) is -0.862. The normalized spacial score (nSPS) is 26.1. The Balaban J connectivity index is 2.00. The summed E-state index contributed by atoms with van der Waals surface area (Å²) in [5, 5.41) is 0. The van der Waals surface area contributed by atoms with Gasteiger partial charge in [-0.3, -0.25) is 0 Å². The lowest BCUT2D eigenvalue weighted by Gasteiger charge is -2.32. The minimum Gasteiger partial charge on any atom is -0.399 e. The van der Waals surface area contributed by atoms with Crippen LogP contribution in [-0.4, -0.2) is 29.9 Å². The molecule has 0 bridgehead atoms. The molecule has 0 aromatic carbocycles. The molecule has 0 radical (unpaired) electrons. The Morgan fingerprint density at radius 3 is 2.25 bits per heavy atom. The summed E-state index contributed by atoms with van der Waals surface area (Å²) in [6, 6.07) is 2.61. The van der Waals surface area contributed by atoms with E-state index in [1.54, 1.807) is 6.07 Å². The van der Waals surface area contributed by atoms with E-state index < -0.39 is 36.3 Å². The van der Waals surface area contributed by atoms with Crippen LogP contribution in [0.25, 0.3) is 0 Å². The Hall–Kier alpha value is -1.12. The molecule has 1 atom stereocenters. The molecule has 1 aromatic rings. The van der Waals surface area contributed by atoms with Crippen molar-refractivity contribution in [1.29, 1.82) is 0 Å². The fourth-order valence-corrected chi connectivity index (χ4v) is 2.81. The van der Waals surface area contributed by atoms with E-state index in [1.807, 2.05) is 27.7 Å². The zero-order valence-electron chi connectivity index (χ0n) is 14.2. The fraction of sp³-hybridized carbons (Fsp3) is 0.688. The number of aromatic nitrogens is 1. The number of ether oxygens (including phenoxy) is 1. The fourth-order valence-electron chi connectivity index (χ4n) is 2.81. The van der Waals surface area contributed by atoms with Gasteiger partial charge in [-0.15, -0.1) is 0 Å². The molecule has 0 N–H and O–H groups in total. The van der Waals surface area contributed by atoms with Crippen molar-refractivity contribution in [3.8, 4) is 0 Å². The van der Waals surface area contributed by atoms with Crippen LogP contribution in [-0.2, 0) is 20.2 Å². The van der Waals surface area contributed by atoms with E-state index >= 15 is 0 Å². The van der Waals surface area contributed by atoms with Crippen molar-refractivity contribution in [2.24, 2.45) is 0 Å². The highest BCUT2D eigenvalue weighted by Gasteiger charge is 2.52. The summed E-state index contributed by atoms with van der Waals surface area (Å²) in [6.07, 6.45) is -3.47. The summed E-state index contributed by atoms with van der Waals surface area (Å²) in [5.74, 6) is 0. The molecular formula is C16H21BF3NO3. The molecule has 24 heavy (non-hydrogen) atoms. The SMILES string of the molecule is CC1(C)OB(c2cc(C3CCCO3)nc(C(F)(F)F)c2)OC1(C)C. The van der Waals surface area contributed by atoms with Gasteiger partial charge in [0, 0.05) is 6.61 Å². The molecular weight excluding hydrogens is 322 g/mol. The van der Waals surface area contributed by atoms with E-state index in [4.69, 9.17) is 14.0 Å². The molecule has 0 saturated carbocycles. The molecule has 2 saturated heterocycles. The molecule has 4 nitrogen and oxygen atoms in total. The summed E-state index contributed by atoms with van der Waals surface area (Å²) < 4.78 is 57.0. The minimum absolute atomic E-state index is 0.284. The summed E-state index contributed by atoms with van der Waals surface area (Å²) in [4.78, 5) is 3.77. The van der Waals surface area contributed by atoms with Crippen molar-refractivity contribution in [3.63, 3.8) is 0 Å². The maximum atomic E-state index is 13.2. The van der Waals surface area contributed by atoms with E-state index in [1.165, 1.54) is 0 Å². The molecule has 1 unspecified atom stereocenters. The van der Waals surface area contributed by atoms with E-state index in [0.717, 1.165) is 12.5 Å². The second kappa shape index (κ2) is 5.71. The number of halogens is 3. The Morgan fingerprint density at radius 2 is 1.75 bits per heavy atom. The number of hydrogen-bond acceptors (Lipinski definition) is 4. The smallest absolute Gasteiger partial charge is 0.399 e. The summed E-state index contributed by atoms with van der Waals surface area (Å²) in [5.41, 5.74) is -1.58. The first-order valence-electron chi connectivity index (χ1n) is 8.06. The van der Waals surface area contributed by atoms with E-state index in [9.17, 15) is 13.2 Å². The molecule has 3 heterocycles. The van der Waals surface area contributed by atoms with Crippen LogP contribution >= 0.6 is 0 Å². The number of pyridine rings is 1. The third-order valence-electron chi connectivity index (χ3n) is 4.94. The molecule has 132 valence electrons. The standard InChI is InChI=1S/C16H21BF3NO3/c1-14(2)15(3,4)24-17(23-14)10-8-11(12-6-5-7-22-12)21-13(9-10)16(18,19)20/h8-9,12H,5-7H2,1-4H3. The highest BCUT2D eigenvalue weighted by atomic mass is 19.4. The van der Waals surface area contributed by atoms with Gasteiger partial charge >= 0.3 is 13.3 Å². The van der Waals surface area contributed by atoms with Gasteiger partial charge in [0.15, 0.2) is 0 Å². The van der Waals surface area contributed by atoms with Crippen LogP contribution in [0.1, 0.15) is 58.0 Å².